The van der Waals surface area contributed by atoms with Crippen LogP contribution in [0.15, 0.2) is 0 Å². The zero-order valence-electron chi connectivity index (χ0n) is 10.2. The molecule has 3 atom stereocenters. The number of hydrogen-bond donors (Lipinski definition) is 1. The van der Waals surface area contributed by atoms with E-state index < -0.39 is 0 Å². The average molecular weight is 212 g/mol. The zero-order chi connectivity index (χ0) is 10.8. The second kappa shape index (κ2) is 4.81. The average Bonchev–Trinajstić information content (AvgIpc) is 2.69. The van der Waals surface area contributed by atoms with Gasteiger partial charge in [0.15, 0.2) is 0 Å². The second-order valence-corrected chi connectivity index (χ2v) is 5.33. The molecule has 2 fully saturated rings. The van der Waals surface area contributed by atoms with Gasteiger partial charge in [0.1, 0.15) is 0 Å². The Morgan fingerprint density at radius 2 is 2.20 bits per heavy atom. The summed E-state index contributed by atoms with van der Waals surface area (Å²) in [6, 6.07) is 1.98. The fraction of sp³-hybridized carbons (Fsp3) is 1.00. The molecule has 3 unspecified atom stereocenters. The molecule has 88 valence electrons. The van der Waals surface area contributed by atoms with Crippen molar-refractivity contribution in [2.45, 2.75) is 45.3 Å². The molecule has 0 aromatic carbocycles. The monoisotopic (exact) mass is 212 g/mol. The van der Waals surface area contributed by atoms with E-state index in [1.54, 1.807) is 0 Å². The molecule has 0 aromatic heterocycles. The predicted octanol–water partition coefficient (Wildman–Crippen LogP) is 1.09. The van der Waals surface area contributed by atoms with Gasteiger partial charge in [-0.25, -0.2) is 0 Å². The van der Waals surface area contributed by atoms with E-state index in [1.165, 1.54) is 13.0 Å². The second-order valence-electron chi connectivity index (χ2n) is 5.33. The van der Waals surface area contributed by atoms with Crippen LogP contribution < -0.4 is 5.32 Å². The molecule has 0 aromatic rings. The van der Waals surface area contributed by atoms with Crippen LogP contribution in [-0.4, -0.2) is 49.3 Å². The van der Waals surface area contributed by atoms with E-state index in [2.05, 4.69) is 31.0 Å². The van der Waals surface area contributed by atoms with E-state index >= 15 is 0 Å². The highest BCUT2D eigenvalue weighted by Gasteiger charge is 2.34. The molecule has 2 aliphatic heterocycles. The lowest BCUT2D eigenvalue weighted by Gasteiger charge is -2.44. The van der Waals surface area contributed by atoms with Crippen LogP contribution in [0, 0.1) is 5.92 Å². The molecule has 0 spiro atoms. The van der Waals surface area contributed by atoms with Gasteiger partial charge in [-0.3, -0.25) is 4.90 Å². The summed E-state index contributed by atoms with van der Waals surface area (Å²) < 4.78 is 5.51. The largest absolute Gasteiger partial charge is 0.380 e. The van der Waals surface area contributed by atoms with E-state index in [9.17, 15) is 0 Å². The van der Waals surface area contributed by atoms with Crippen molar-refractivity contribution < 1.29 is 4.74 Å². The van der Waals surface area contributed by atoms with Gasteiger partial charge in [-0.2, -0.15) is 0 Å². The van der Waals surface area contributed by atoms with E-state index in [4.69, 9.17) is 4.74 Å². The van der Waals surface area contributed by atoms with Crippen LogP contribution >= 0.6 is 0 Å². The van der Waals surface area contributed by atoms with Gasteiger partial charge in [0.05, 0.1) is 6.61 Å². The van der Waals surface area contributed by atoms with Crippen molar-refractivity contribution in [2.24, 2.45) is 5.92 Å². The van der Waals surface area contributed by atoms with Crippen LogP contribution in [-0.2, 0) is 4.74 Å². The molecule has 0 bridgehead atoms. The summed E-state index contributed by atoms with van der Waals surface area (Å²) in [4.78, 5) is 2.68. The van der Waals surface area contributed by atoms with E-state index in [0.29, 0.717) is 18.1 Å². The van der Waals surface area contributed by atoms with E-state index in [-0.39, 0.29) is 0 Å². The first kappa shape index (κ1) is 11.4. The van der Waals surface area contributed by atoms with Gasteiger partial charge < -0.3 is 10.1 Å². The maximum Gasteiger partial charge on any atom is 0.0622 e. The van der Waals surface area contributed by atoms with Gasteiger partial charge >= 0.3 is 0 Å². The Morgan fingerprint density at radius 3 is 2.80 bits per heavy atom. The highest BCUT2D eigenvalue weighted by atomic mass is 16.5. The summed E-state index contributed by atoms with van der Waals surface area (Å²) in [6.07, 6.45) is 1.22. The first-order valence-corrected chi connectivity index (χ1v) is 6.25. The molecule has 0 radical (unpaired) electrons. The minimum Gasteiger partial charge on any atom is -0.380 e. The number of nitrogens with one attached hydrogen (secondary N) is 1. The Kier molecular flexibility index (Phi) is 3.65. The molecule has 2 rings (SSSR count). The molecule has 1 N–H and O–H groups in total. The lowest BCUT2D eigenvalue weighted by atomic mass is 9.96. The van der Waals surface area contributed by atoms with Crippen molar-refractivity contribution in [1.29, 1.82) is 0 Å². The Morgan fingerprint density at radius 1 is 1.40 bits per heavy atom. The van der Waals surface area contributed by atoms with Gasteiger partial charge in [-0.1, -0.05) is 13.8 Å². The third-order valence-electron chi connectivity index (χ3n) is 3.73. The summed E-state index contributed by atoms with van der Waals surface area (Å²) >= 11 is 0. The summed E-state index contributed by atoms with van der Waals surface area (Å²) in [5.74, 6) is 0.727. The lowest BCUT2D eigenvalue weighted by Crippen LogP contribution is -2.60. The fourth-order valence-electron chi connectivity index (χ4n) is 2.78. The maximum absolute atomic E-state index is 5.51. The molecule has 15 heavy (non-hydrogen) atoms. The van der Waals surface area contributed by atoms with Crippen molar-refractivity contribution in [3.63, 3.8) is 0 Å². The van der Waals surface area contributed by atoms with Crippen molar-refractivity contribution in [3.8, 4) is 0 Å². The molecule has 2 heterocycles. The molecule has 3 heteroatoms. The summed E-state index contributed by atoms with van der Waals surface area (Å²) in [5, 5.41) is 3.58. The summed E-state index contributed by atoms with van der Waals surface area (Å²) in [5.41, 5.74) is 0. The fourth-order valence-corrected chi connectivity index (χ4v) is 2.78. The van der Waals surface area contributed by atoms with Gasteiger partial charge in [0, 0.05) is 37.8 Å². The third-order valence-corrected chi connectivity index (χ3v) is 3.73. The summed E-state index contributed by atoms with van der Waals surface area (Å²) in [7, 11) is 0. The number of ether oxygens (including phenoxy) is 1. The Labute approximate surface area is 93.2 Å². The van der Waals surface area contributed by atoms with Crippen LogP contribution in [0.3, 0.4) is 0 Å². The smallest absolute Gasteiger partial charge is 0.0622 e. The predicted molar refractivity (Wildman–Crippen MR) is 62.0 cm³/mol. The Bertz CT molecular complexity index is 202. The van der Waals surface area contributed by atoms with Crippen molar-refractivity contribution >= 4 is 0 Å². The lowest BCUT2D eigenvalue weighted by molar-refractivity contribution is 0.0512. The topological polar surface area (TPSA) is 24.5 Å². The molecule has 3 nitrogen and oxygen atoms in total. The maximum atomic E-state index is 5.51. The minimum absolute atomic E-state index is 0.626. The molecule has 0 aliphatic carbocycles. The number of hydrogen-bond acceptors (Lipinski definition) is 3. The Balaban J connectivity index is 2.01. The van der Waals surface area contributed by atoms with Crippen LogP contribution in [0.1, 0.15) is 27.2 Å². The molecule has 0 amide bonds. The zero-order valence-corrected chi connectivity index (χ0v) is 10.2. The van der Waals surface area contributed by atoms with Crippen molar-refractivity contribution in [1.82, 2.24) is 10.2 Å². The quantitative estimate of drug-likeness (QED) is 0.741. The highest BCUT2D eigenvalue weighted by molar-refractivity contribution is 4.91. The number of rotatable bonds is 2. The molecule has 0 saturated carbocycles. The van der Waals surface area contributed by atoms with Gasteiger partial charge in [0.25, 0.3) is 0 Å². The van der Waals surface area contributed by atoms with E-state index in [1.807, 2.05) is 0 Å². The summed E-state index contributed by atoms with van der Waals surface area (Å²) in [6.45, 7) is 11.1. The molecular weight excluding hydrogens is 188 g/mol. The first-order valence-electron chi connectivity index (χ1n) is 6.25. The normalized spacial score (nSPS) is 38.8. The van der Waals surface area contributed by atoms with E-state index in [0.717, 1.165) is 25.7 Å². The van der Waals surface area contributed by atoms with Gasteiger partial charge in [-0.15, -0.1) is 0 Å². The van der Waals surface area contributed by atoms with Gasteiger partial charge in [-0.05, 0) is 19.3 Å². The minimum atomic E-state index is 0.626. The molecule has 2 saturated heterocycles. The van der Waals surface area contributed by atoms with Crippen LogP contribution in [0.25, 0.3) is 0 Å². The number of piperazine rings is 1. The highest BCUT2D eigenvalue weighted by Crippen LogP contribution is 2.22. The van der Waals surface area contributed by atoms with Crippen LogP contribution in [0.2, 0.25) is 0 Å². The van der Waals surface area contributed by atoms with Crippen LogP contribution in [0.4, 0.5) is 0 Å². The van der Waals surface area contributed by atoms with Gasteiger partial charge in [0.2, 0.25) is 0 Å². The van der Waals surface area contributed by atoms with Crippen LogP contribution in [0.5, 0.6) is 0 Å². The van der Waals surface area contributed by atoms with Crippen molar-refractivity contribution in [2.75, 3.05) is 26.3 Å². The third kappa shape index (κ3) is 2.52. The molecule has 2 aliphatic rings. The SMILES string of the molecule is CC1CN(C2CCOC2)C(C(C)C)CN1. The van der Waals surface area contributed by atoms with Crippen molar-refractivity contribution in [3.05, 3.63) is 0 Å². The Hall–Kier alpha value is -0.120. The first-order chi connectivity index (χ1) is 7.18. The molecular formula is C12H24N2O. The standard InChI is InChI=1S/C12H24N2O/c1-9(2)12-6-13-10(3)7-14(12)11-4-5-15-8-11/h9-13H,4-8H2,1-3H3. The number of nitrogens with zero attached hydrogens (tertiary/aromatic N) is 1.